The first kappa shape index (κ1) is 15.7. The lowest BCUT2D eigenvalue weighted by Gasteiger charge is -2.27. The molecule has 2 aromatic rings. The number of halogens is 1. The Hall–Kier alpha value is -2.18. The van der Waals surface area contributed by atoms with Gasteiger partial charge in [-0.05, 0) is 24.6 Å². The molecule has 7 heteroatoms. The number of aromatic nitrogens is 2. The zero-order valence-corrected chi connectivity index (χ0v) is 13.6. The largest absolute Gasteiger partial charge is 0.378 e. The van der Waals surface area contributed by atoms with Crippen LogP contribution in [0.1, 0.15) is 11.3 Å². The van der Waals surface area contributed by atoms with E-state index in [1.165, 1.54) is 0 Å². The van der Waals surface area contributed by atoms with Crippen molar-refractivity contribution < 1.29 is 4.74 Å². The maximum atomic E-state index is 5.95. The molecule has 0 bridgehead atoms. The predicted molar refractivity (Wildman–Crippen MR) is 92.5 cm³/mol. The molecule has 0 spiro atoms. The first-order valence-corrected chi connectivity index (χ1v) is 7.81. The molecule has 1 saturated heterocycles. The van der Waals surface area contributed by atoms with Gasteiger partial charge in [-0.25, -0.2) is 4.98 Å². The van der Waals surface area contributed by atoms with E-state index in [2.05, 4.69) is 25.4 Å². The van der Waals surface area contributed by atoms with Crippen LogP contribution in [0.4, 0.5) is 11.8 Å². The van der Waals surface area contributed by atoms with Gasteiger partial charge in [0.1, 0.15) is 0 Å². The second-order valence-electron chi connectivity index (χ2n) is 5.22. The van der Waals surface area contributed by atoms with E-state index < -0.39 is 0 Å². The molecule has 1 aromatic heterocycles. The number of hydrogen-bond acceptors (Lipinski definition) is 6. The number of rotatable bonds is 4. The van der Waals surface area contributed by atoms with Crippen LogP contribution < -0.4 is 10.3 Å². The van der Waals surface area contributed by atoms with E-state index in [9.17, 15) is 0 Å². The predicted octanol–water partition coefficient (Wildman–Crippen LogP) is 2.72. The molecule has 3 rings (SSSR count). The maximum Gasteiger partial charge on any atom is 0.227 e. The number of hydrogen-bond donors (Lipinski definition) is 1. The second kappa shape index (κ2) is 7.39. The Morgan fingerprint density at radius 2 is 2.09 bits per heavy atom. The lowest BCUT2D eigenvalue weighted by molar-refractivity contribution is 0.122. The highest BCUT2D eigenvalue weighted by molar-refractivity contribution is 6.30. The first-order valence-electron chi connectivity index (χ1n) is 7.44. The highest BCUT2D eigenvalue weighted by Crippen LogP contribution is 2.15. The molecule has 1 aliphatic rings. The summed E-state index contributed by atoms with van der Waals surface area (Å²) in [5.41, 5.74) is 4.76. The lowest BCUT2D eigenvalue weighted by Crippen LogP contribution is -2.37. The van der Waals surface area contributed by atoms with E-state index in [0.29, 0.717) is 30.0 Å². The number of hydrazone groups is 1. The van der Waals surface area contributed by atoms with Gasteiger partial charge in [0.25, 0.3) is 0 Å². The third-order valence-electron chi connectivity index (χ3n) is 3.38. The summed E-state index contributed by atoms with van der Waals surface area (Å²) in [6.07, 6.45) is 1.71. The molecule has 0 radical (unpaired) electrons. The van der Waals surface area contributed by atoms with Crippen molar-refractivity contribution in [2.45, 2.75) is 6.92 Å². The minimum atomic E-state index is 0.664. The maximum absolute atomic E-state index is 5.95. The Bertz CT molecular complexity index is 701. The summed E-state index contributed by atoms with van der Waals surface area (Å²) < 4.78 is 5.36. The highest BCUT2D eigenvalue weighted by Gasteiger charge is 2.14. The highest BCUT2D eigenvalue weighted by atomic mass is 35.5. The Labute approximate surface area is 140 Å². The van der Waals surface area contributed by atoms with Crippen molar-refractivity contribution in [3.8, 4) is 0 Å². The molecule has 120 valence electrons. The summed E-state index contributed by atoms with van der Waals surface area (Å²) >= 11 is 5.95. The number of anilines is 2. The third-order valence-corrected chi connectivity index (χ3v) is 3.61. The minimum Gasteiger partial charge on any atom is -0.378 e. The van der Waals surface area contributed by atoms with Crippen LogP contribution >= 0.6 is 11.6 Å². The SMILES string of the molecule is Cc1cc(N/N=C/c2cccc(Cl)c2)nc(N2CCOCC2)n1. The third kappa shape index (κ3) is 4.40. The van der Waals surface area contributed by atoms with E-state index in [1.807, 2.05) is 37.3 Å². The molecule has 0 amide bonds. The summed E-state index contributed by atoms with van der Waals surface area (Å²) in [6.45, 7) is 4.95. The zero-order valence-electron chi connectivity index (χ0n) is 12.9. The monoisotopic (exact) mass is 331 g/mol. The van der Waals surface area contributed by atoms with Gasteiger partial charge in [-0.3, -0.25) is 5.43 Å². The molecule has 0 aliphatic carbocycles. The van der Waals surface area contributed by atoms with Gasteiger partial charge in [0.15, 0.2) is 5.82 Å². The van der Waals surface area contributed by atoms with Gasteiger partial charge in [0, 0.05) is 29.9 Å². The van der Waals surface area contributed by atoms with E-state index in [1.54, 1.807) is 6.21 Å². The molecule has 1 aliphatic heterocycles. The van der Waals surface area contributed by atoms with E-state index in [4.69, 9.17) is 16.3 Å². The quantitative estimate of drug-likeness (QED) is 0.689. The van der Waals surface area contributed by atoms with Gasteiger partial charge in [0.2, 0.25) is 5.95 Å². The summed E-state index contributed by atoms with van der Waals surface area (Å²) in [5.74, 6) is 1.37. The van der Waals surface area contributed by atoms with Gasteiger partial charge < -0.3 is 9.64 Å². The van der Waals surface area contributed by atoms with Crippen LogP contribution in [-0.4, -0.2) is 42.5 Å². The molecule has 2 heterocycles. The van der Waals surface area contributed by atoms with Crippen LogP contribution in [-0.2, 0) is 4.74 Å². The fourth-order valence-electron chi connectivity index (χ4n) is 2.27. The van der Waals surface area contributed by atoms with Crippen LogP contribution in [0.3, 0.4) is 0 Å². The van der Waals surface area contributed by atoms with Crippen LogP contribution in [0, 0.1) is 6.92 Å². The Morgan fingerprint density at radius 3 is 2.87 bits per heavy atom. The Kier molecular flexibility index (Phi) is 5.05. The average molecular weight is 332 g/mol. The van der Waals surface area contributed by atoms with E-state index >= 15 is 0 Å². The molecular formula is C16H18ClN5O. The summed E-state index contributed by atoms with van der Waals surface area (Å²) in [7, 11) is 0. The number of nitrogens with zero attached hydrogens (tertiary/aromatic N) is 4. The Balaban J connectivity index is 1.71. The molecule has 6 nitrogen and oxygen atoms in total. The van der Waals surface area contributed by atoms with Crippen molar-refractivity contribution in [1.82, 2.24) is 9.97 Å². The van der Waals surface area contributed by atoms with Gasteiger partial charge >= 0.3 is 0 Å². The van der Waals surface area contributed by atoms with Crippen molar-refractivity contribution in [3.63, 3.8) is 0 Å². The second-order valence-corrected chi connectivity index (χ2v) is 5.66. The van der Waals surface area contributed by atoms with Crippen LogP contribution in [0.15, 0.2) is 35.4 Å². The van der Waals surface area contributed by atoms with Crippen molar-refractivity contribution in [2.24, 2.45) is 5.10 Å². The van der Waals surface area contributed by atoms with Gasteiger partial charge in [-0.15, -0.1) is 0 Å². The standard InChI is InChI=1S/C16H18ClN5O/c1-12-9-15(20-16(19-12)22-5-7-23-8-6-22)21-18-11-13-3-2-4-14(17)10-13/h2-4,9-11H,5-8H2,1H3,(H,19,20,21)/b18-11+. The van der Waals surface area contributed by atoms with E-state index in [-0.39, 0.29) is 0 Å². The van der Waals surface area contributed by atoms with Crippen LogP contribution in [0.25, 0.3) is 0 Å². The fraction of sp³-hybridized carbons (Fsp3) is 0.312. The van der Waals surface area contributed by atoms with E-state index in [0.717, 1.165) is 24.3 Å². The molecule has 0 unspecified atom stereocenters. The van der Waals surface area contributed by atoms with Gasteiger partial charge in [0.05, 0.1) is 19.4 Å². The average Bonchev–Trinajstić information content (AvgIpc) is 2.55. The van der Waals surface area contributed by atoms with Crippen molar-refractivity contribution in [3.05, 3.63) is 46.6 Å². The normalized spacial score (nSPS) is 15.1. The molecule has 1 aromatic carbocycles. The summed E-state index contributed by atoms with van der Waals surface area (Å²) in [5, 5.41) is 4.90. The topological polar surface area (TPSA) is 62.6 Å². The molecule has 0 saturated carbocycles. The fourth-order valence-corrected chi connectivity index (χ4v) is 2.47. The van der Waals surface area contributed by atoms with Gasteiger partial charge in [-0.2, -0.15) is 10.1 Å². The van der Waals surface area contributed by atoms with Crippen molar-refractivity contribution in [2.75, 3.05) is 36.6 Å². The molecule has 23 heavy (non-hydrogen) atoms. The zero-order chi connectivity index (χ0) is 16.1. The number of aryl methyl sites for hydroxylation is 1. The summed E-state index contributed by atoms with van der Waals surface area (Å²) in [4.78, 5) is 11.1. The molecular weight excluding hydrogens is 314 g/mol. The smallest absolute Gasteiger partial charge is 0.227 e. The molecule has 1 fully saturated rings. The van der Waals surface area contributed by atoms with Crippen LogP contribution in [0.2, 0.25) is 5.02 Å². The number of nitrogens with one attached hydrogen (secondary N) is 1. The van der Waals surface area contributed by atoms with Crippen LogP contribution in [0.5, 0.6) is 0 Å². The number of ether oxygens (including phenoxy) is 1. The molecule has 1 N–H and O–H groups in total. The molecule has 0 atom stereocenters. The van der Waals surface area contributed by atoms with Gasteiger partial charge in [-0.1, -0.05) is 23.7 Å². The lowest BCUT2D eigenvalue weighted by atomic mass is 10.2. The first-order chi connectivity index (χ1) is 11.2. The Morgan fingerprint density at radius 1 is 1.26 bits per heavy atom. The number of benzene rings is 1. The number of morpholine rings is 1. The van der Waals surface area contributed by atoms with Crippen molar-refractivity contribution >= 4 is 29.6 Å². The summed E-state index contributed by atoms with van der Waals surface area (Å²) in [6, 6.07) is 9.35. The minimum absolute atomic E-state index is 0.664. The van der Waals surface area contributed by atoms with Crippen molar-refractivity contribution in [1.29, 1.82) is 0 Å².